The highest BCUT2D eigenvalue weighted by molar-refractivity contribution is 7.16. The fourth-order valence-electron chi connectivity index (χ4n) is 2.44. The van der Waals surface area contributed by atoms with Crippen LogP contribution in [0, 0.1) is 0 Å². The number of thiazole rings is 1. The van der Waals surface area contributed by atoms with Crippen molar-refractivity contribution in [2.24, 2.45) is 5.73 Å². The van der Waals surface area contributed by atoms with Crippen LogP contribution in [0.5, 0.6) is 0 Å². The van der Waals surface area contributed by atoms with Crippen molar-refractivity contribution in [2.75, 3.05) is 13.1 Å². The van der Waals surface area contributed by atoms with Crippen molar-refractivity contribution in [1.82, 2.24) is 9.88 Å². The van der Waals surface area contributed by atoms with Gasteiger partial charge in [-0.2, -0.15) is 13.2 Å². The first kappa shape index (κ1) is 15.9. The first-order chi connectivity index (χ1) is 10.8. The Hall–Kier alpha value is -1.93. The average Bonchev–Trinajstić information content (AvgIpc) is 3.15. The summed E-state index contributed by atoms with van der Waals surface area (Å²) in [7, 11) is 0. The Balaban J connectivity index is 1.78. The predicted molar refractivity (Wildman–Crippen MR) is 81.0 cm³/mol. The molecule has 2 aromatic rings. The maximum Gasteiger partial charge on any atom is 0.416 e. The molecule has 122 valence electrons. The van der Waals surface area contributed by atoms with E-state index in [2.05, 4.69) is 4.98 Å². The van der Waals surface area contributed by atoms with E-state index in [0.717, 1.165) is 18.6 Å². The van der Waals surface area contributed by atoms with Gasteiger partial charge >= 0.3 is 6.18 Å². The van der Waals surface area contributed by atoms with Crippen molar-refractivity contribution in [3.05, 3.63) is 40.9 Å². The highest BCUT2D eigenvalue weighted by Crippen LogP contribution is 2.32. The first-order valence-corrected chi connectivity index (χ1v) is 7.84. The molecule has 8 heteroatoms. The molecule has 1 aliphatic heterocycles. The average molecular weight is 341 g/mol. The minimum Gasteiger partial charge on any atom is -0.336 e. The zero-order chi connectivity index (χ0) is 16.6. The number of nitrogens with two attached hydrogens (primary N) is 1. The highest BCUT2D eigenvalue weighted by Gasteiger charge is 2.30. The number of carbonyl (C=O) groups excluding carboxylic acids is 1. The van der Waals surface area contributed by atoms with Crippen molar-refractivity contribution in [3.8, 4) is 10.6 Å². The molecule has 0 aliphatic carbocycles. The summed E-state index contributed by atoms with van der Waals surface area (Å²) in [6.45, 7) is 1.14. The van der Waals surface area contributed by atoms with Gasteiger partial charge in [-0.3, -0.25) is 4.79 Å². The molecule has 1 aromatic carbocycles. The molecule has 1 atom stereocenters. The molecule has 3 rings (SSSR count). The van der Waals surface area contributed by atoms with Crippen LogP contribution < -0.4 is 5.73 Å². The summed E-state index contributed by atoms with van der Waals surface area (Å²) in [5.74, 6) is -0.131. The van der Waals surface area contributed by atoms with Crippen molar-refractivity contribution in [3.63, 3.8) is 0 Å². The lowest BCUT2D eigenvalue weighted by atomic mass is 10.1. The molecule has 2 N–H and O–H groups in total. The fraction of sp³-hybridized carbons (Fsp3) is 0.333. The summed E-state index contributed by atoms with van der Waals surface area (Å²) in [6.07, 6.45) is -2.13. The smallest absolute Gasteiger partial charge is 0.336 e. The summed E-state index contributed by atoms with van der Waals surface area (Å²) in [5, 5.41) is 0.519. The van der Waals surface area contributed by atoms with Crippen molar-refractivity contribution in [1.29, 1.82) is 0 Å². The Labute approximate surface area is 134 Å². The molecule has 4 nitrogen and oxygen atoms in total. The van der Waals surface area contributed by atoms with E-state index in [9.17, 15) is 18.0 Å². The Kier molecular flexibility index (Phi) is 4.11. The van der Waals surface area contributed by atoms with E-state index >= 15 is 0 Å². The second kappa shape index (κ2) is 5.93. The largest absolute Gasteiger partial charge is 0.416 e. The van der Waals surface area contributed by atoms with Gasteiger partial charge in [-0.05, 0) is 18.6 Å². The van der Waals surface area contributed by atoms with Gasteiger partial charge in [0.15, 0.2) is 0 Å². The number of rotatable bonds is 2. The number of nitrogens with zero attached hydrogens (tertiary/aromatic N) is 2. The number of halogens is 3. The van der Waals surface area contributed by atoms with Crippen LogP contribution >= 0.6 is 11.3 Å². The van der Waals surface area contributed by atoms with E-state index in [4.69, 9.17) is 5.73 Å². The van der Waals surface area contributed by atoms with Gasteiger partial charge in [0.2, 0.25) is 0 Å². The Morgan fingerprint density at radius 2 is 2.00 bits per heavy atom. The van der Waals surface area contributed by atoms with Crippen LogP contribution in [0.15, 0.2) is 30.5 Å². The van der Waals surface area contributed by atoms with Crippen LogP contribution in [-0.2, 0) is 6.18 Å². The van der Waals surface area contributed by atoms with Crippen molar-refractivity contribution >= 4 is 17.2 Å². The van der Waals surface area contributed by atoms with Gasteiger partial charge in [0.1, 0.15) is 9.88 Å². The number of alkyl halides is 3. The number of benzene rings is 1. The lowest BCUT2D eigenvalue weighted by molar-refractivity contribution is -0.137. The van der Waals surface area contributed by atoms with Crippen LogP contribution in [0.25, 0.3) is 10.6 Å². The monoisotopic (exact) mass is 341 g/mol. The third-order valence-corrected chi connectivity index (χ3v) is 4.72. The summed E-state index contributed by atoms with van der Waals surface area (Å²) < 4.78 is 37.7. The molecule has 0 radical (unpaired) electrons. The van der Waals surface area contributed by atoms with E-state index < -0.39 is 11.7 Å². The van der Waals surface area contributed by atoms with Gasteiger partial charge < -0.3 is 10.6 Å². The van der Waals surface area contributed by atoms with Crippen LogP contribution in [0.3, 0.4) is 0 Å². The molecule has 0 unspecified atom stereocenters. The zero-order valence-electron chi connectivity index (χ0n) is 12.0. The molecule has 0 saturated carbocycles. The lowest BCUT2D eigenvalue weighted by Crippen LogP contribution is -2.31. The number of hydrogen-bond donors (Lipinski definition) is 1. The molecule has 2 heterocycles. The maximum atomic E-state index is 12.6. The predicted octanol–water partition coefficient (Wildman–Crippen LogP) is 3.00. The Morgan fingerprint density at radius 3 is 2.57 bits per heavy atom. The van der Waals surface area contributed by atoms with E-state index in [-0.39, 0.29) is 11.9 Å². The number of likely N-dealkylation sites (tertiary alicyclic amines) is 1. The van der Waals surface area contributed by atoms with E-state index in [1.807, 2.05) is 0 Å². The van der Waals surface area contributed by atoms with Gasteiger partial charge in [0.25, 0.3) is 5.91 Å². The van der Waals surface area contributed by atoms with E-state index in [1.54, 1.807) is 4.90 Å². The summed E-state index contributed by atoms with van der Waals surface area (Å²) >= 11 is 1.17. The Bertz CT molecular complexity index is 712. The number of aromatic nitrogens is 1. The zero-order valence-corrected chi connectivity index (χ0v) is 12.8. The Morgan fingerprint density at radius 1 is 1.30 bits per heavy atom. The highest BCUT2D eigenvalue weighted by atomic mass is 32.1. The molecule has 1 saturated heterocycles. The molecule has 1 aromatic heterocycles. The van der Waals surface area contributed by atoms with Gasteiger partial charge in [-0.1, -0.05) is 12.1 Å². The minimum atomic E-state index is -4.36. The summed E-state index contributed by atoms with van der Waals surface area (Å²) in [4.78, 5) is 18.6. The second-order valence-electron chi connectivity index (χ2n) is 5.40. The van der Waals surface area contributed by atoms with Gasteiger partial charge in [-0.25, -0.2) is 4.98 Å². The van der Waals surface area contributed by atoms with Crippen LogP contribution in [0.1, 0.15) is 21.7 Å². The quantitative estimate of drug-likeness (QED) is 0.913. The number of amides is 1. The molecule has 0 spiro atoms. The normalized spacial score (nSPS) is 18.4. The number of carbonyl (C=O) groups is 1. The molecule has 1 amide bonds. The van der Waals surface area contributed by atoms with E-state index in [0.29, 0.717) is 28.5 Å². The first-order valence-electron chi connectivity index (χ1n) is 7.03. The van der Waals surface area contributed by atoms with E-state index in [1.165, 1.54) is 29.7 Å². The molecular weight excluding hydrogens is 327 g/mol. The molecule has 0 bridgehead atoms. The van der Waals surface area contributed by atoms with Gasteiger partial charge in [0.05, 0.1) is 11.8 Å². The molecular formula is C15H14F3N3OS. The van der Waals surface area contributed by atoms with Crippen LogP contribution in [-0.4, -0.2) is 34.9 Å². The topological polar surface area (TPSA) is 59.2 Å². The van der Waals surface area contributed by atoms with Gasteiger partial charge in [0, 0.05) is 24.7 Å². The lowest BCUT2D eigenvalue weighted by Gasteiger charge is -2.13. The SMILES string of the molecule is N[C@H]1CCN(C(=O)c2cnc(-c3ccc(C(F)(F)F)cc3)s2)C1. The molecule has 1 fully saturated rings. The summed E-state index contributed by atoms with van der Waals surface area (Å²) in [5.41, 5.74) is 5.64. The third-order valence-electron chi connectivity index (χ3n) is 3.69. The fourth-order valence-corrected chi connectivity index (χ4v) is 3.33. The van der Waals surface area contributed by atoms with Crippen LogP contribution in [0.2, 0.25) is 0 Å². The maximum absolute atomic E-state index is 12.6. The standard InChI is InChI=1S/C15H14F3N3OS/c16-15(17,18)10-3-1-9(2-4-10)13-20-7-12(23-13)14(22)21-6-5-11(19)8-21/h1-4,7,11H,5-6,8,19H2/t11-/m0/s1. The molecule has 1 aliphatic rings. The minimum absolute atomic E-state index is 0.00116. The van der Waals surface area contributed by atoms with Crippen molar-refractivity contribution < 1.29 is 18.0 Å². The number of hydrogen-bond acceptors (Lipinski definition) is 4. The van der Waals surface area contributed by atoms with Gasteiger partial charge in [-0.15, -0.1) is 11.3 Å². The summed E-state index contributed by atoms with van der Waals surface area (Å²) in [6, 6.07) is 4.75. The second-order valence-corrected chi connectivity index (χ2v) is 6.44. The van der Waals surface area contributed by atoms with Crippen molar-refractivity contribution in [2.45, 2.75) is 18.6 Å². The molecule has 23 heavy (non-hydrogen) atoms. The van der Waals surface area contributed by atoms with Crippen LogP contribution in [0.4, 0.5) is 13.2 Å². The third kappa shape index (κ3) is 3.37.